The van der Waals surface area contributed by atoms with Crippen molar-refractivity contribution < 1.29 is 33.3 Å². The predicted molar refractivity (Wildman–Crippen MR) is 128 cm³/mol. The Balaban J connectivity index is 2.12. The minimum atomic E-state index is -0.920. The maximum absolute atomic E-state index is 12.9. The zero-order valence-electron chi connectivity index (χ0n) is 18.1. The molecule has 0 aliphatic heterocycles. The number of benzene rings is 1. The molecule has 0 radical (unpaired) electrons. The number of thioether (sulfide) groups is 1. The predicted octanol–water partition coefficient (Wildman–Crippen LogP) is 3.81. The van der Waals surface area contributed by atoms with Gasteiger partial charge in [-0.2, -0.15) is 11.8 Å². The number of ether oxygens (including phenoxy) is 4. The number of thiophene rings is 1. The highest BCUT2D eigenvalue weighted by molar-refractivity contribution is 9.11. The van der Waals surface area contributed by atoms with Gasteiger partial charge in [0.25, 0.3) is 5.91 Å². The summed E-state index contributed by atoms with van der Waals surface area (Å²) in [6.45, 7) is -0.401. The van der Waals surface area contributed by atoms with Crippen molar-refractivity contribution in [2.24, 2.45) is 0 Å². The highest BCUT2D eigenvalue weighted by atomic mass is 79.9. The lowest BCUT2D eigenvalue weighted by molar-refractivity contribution is -0.144. The van der Waals surface area contributed by atoms with Gasteiger partial charge in [0.15, 0.2) is 18.1 Å². The Morgan fingerprint density at radius 2 is 1.75 bits per heavy atom. The molecular formula is C21H24BrNO7S2. The van der Waals surface area contributed by atoms with Crippen LogP contribution >= 0.6 is 39.0 Å². The fourth-order valence-corrected chi connectivity index (χ4v) is 4.49. The molecule has 0 aliphatic rings. The number of amides is 1. The van der Waals surface area contributed by atoms with E-state index in [0.29, 0.717) is 34.3 Å². The molecule has 1 aromatic heterocycles. The van der Waals surface area contributed by atoms with Gasteiger partial charge in [-0.25, -0.2) is 4.79 Å². The summed E-state index contributed by atoms with van der Waals surface area (Å²) < 4.78 is 21.8. The highest BCUT2D eigenvalue weighted by Gasteiger charge is 2.25. The number of Topliss-reactive ketones (excluding diaryl/α,β-unsaturated/α-hetero) is 1. The first-order valence-corrected chi connectivity index (χ1v) is 12.4. The number of carbonyl (C=O) groups is 3. The van der Waals surface area contributed by atoms with E-state index in [4.69, 9.17) is 18.9 Å². The molecule has 2 aromatic rings. The van der Waals surface area contributed by atoms with Crippen molar-refractivity contribution in [3.63, 3.8) is 0 Å². The fourth-order valence-electron chi connectivity index (χ4n) is 2.71. The van der Waals surface area contributed by atoms with Gasteiger partial charge in [0.1, 0.15) is 6.04 Å². The van der Waals surface area contributed by atoms with Crippen LogP contribution in [0.15, 0.2) is 28.1 Å². The van der Waals surface area contributed by atoms with Crippen molar-refractivity contribution in [1.82, 2.24) is 5.32 Å². The summed E-state index contributed by atoms with van der Waals surface area (Å²) in [6, 6.07) is 5.47. The van der Waals surface area contributed by atoms with Crippen molar-refractivity contribution in [3.8, 4) is 17.2 Å². The molecule has 32 heavy (non-hydrogen) atoms. The fraction of sp³-hybridized carbons (Fsp3) is 0.381. The van der Waals surface area contributed by atoms with E-state index >= 15 is 0 Å². The molecule has 2 rings (SSSR count). The molecule has 11 heteroatoms. The largest absolute Gasteiger partial charge is 0.493 e. The van der Waals surface area contributed by atoms with Crippen LogP contribution in [0.1, 0.15) is 26.5 Å². The monoisotopic (exact) mass is 545 g/mol. The molecule has 0 spiro atoms. The molecule has 0 bridgehead atoms. The van der Waals surface area contributed by atoms with Crippen molar-refractivity contribution in [3.05, 3.63) is 38.5 Å². The summed E-state index contributed by atoms with van der Waals surface area (Å²) in [4.78, 5) is 38.2. The lowest BCUT2D eigenvalue weighted by Crippen LogP contribution is -2.42. The van der Waals surface area contributed by atoms with Crippen LogP contribution in [0.4, 0.5) is 0 Å². The van der Waals surface area contributed by atoms with E-state index < -0.39 is 24.5 Å². The summed E-state index contributed by atoms with van der Waals surface area (Å²) in [7, 11) is 4.35. The van der Waals surface area contributed by atoms with Gasteiger partial charge in [-0.15, -0.1) is 11.3 Å². The van der Waals surface area contributed by atoms with Gasteiger partial charge < -0.3 is 24.3 Å². The first kappa shape index (κ1) is 26.0. The van der Waals surface area contributed by atoms with Gasteiger partial charge in [0.05, 0.1) is 30.0 Å². The molecule has 0 saturated heterocycles. The summed E-state index contributed by atoms with van der Waals surface area (Å²) >= 11 is 6.08. The van der Waals surface area contributed by atoms with E-state index in [2.05, 4.69) is 21.2 Å². The Bertz CT molecular complexity index is 938. The molecule has 0 saturated carbocycles. The minimum Gasteiger partial charge on any atom is -0.493 e. The van der Waals surface area contributed by atoms with E-state index in [-0.39, 0.29) is 11.3 Å². The zero-order chi connectivity index (χ0) is 23.7. The Hall–Kier alpha value is -2.24. The summed E-state index contributed by atoms with van der Waals surface area (Å²) in [5.41, 5.74) is 0.223. The van der Waals surface area contributed by atoms with Gasteiger partial charge >= 0.3 is 5.97 Å². The molecular weight excluding hydrogens is 522 g/mol. The average Bonchev–Trinajstić information content (AvgIpc) is 3.24. The van der Waals surface area contributed by atoms with Crippen LogP contribution in [0.5, 0.6) is 17.2 Å². The minimum absolute atomic E-state index is 0.223. The van der Waals surface area contributed by atoms with Gasteiger partial charge in [0, 0.05) is 5.56 Å². The van der Waals surface area contributed by atoms with Crippen molar-refractivity contribution in [1.29, 1.82) is 0 Å². The SMILES string of the molecule is COc1cc(C(=O)NC(CCSC)C(=O)OCC(=O)c2ccc(Br)s2)cc(OC)c1OC. The van der Waals surface area contributed by atoms with Gasteiger partial charge in [-0.1, -0.05) is 0 Å². The number of carbonyl (C=O) groups excluding carboxylic acids is 3. The second-order valence-electron chi connectivity index (χ2n) is 6.36. The van der Waals surface area contributed by atoms with Crippen LogP contribution in [0.25, 0.3) is 0 Å². The third-order valence-corrected chi connectivity index (χ3v) is 6.63. The standard InChI is InChI=1S/C21H24BrNO7S2/c1-27-15-9-12(10-16(28-2)19(15)29-3)20(25)23-13(7-8-31-4)21(26)30-11-14(24)17-5-6-18(22)32-17/h5-6,9-10,13H,7-8,11H2,1-4H3,(H,23,25). The van der Waals surface area contributed by atoms with Crippen LogP contribution in [0.3, 0.4) is 0 Å². The summed E-state index contributed by atoms with van der Waals surface area (Å²) in [6.07, 6.45) is 2.23. The van der Waals surface area contributed by atoms with E-state index in [9.17, 15) is 14.4 Å². The first-order valence-electron chi connectivity index (χ1n) is 9.39. The second-order valence-corrected chi connectivity index (χ2v) is 9.80. The molecule has 0 aliphatic carbocycles. The van der Waals surface area contributed by atoms with Gasteiger partial charge in [-0.3, -0.25) is 9.59 Å². The van der Waals surface area contributed by atoms with Crippen LogP contribution < -0.4 is 19.5 Å². The van der Waals surface area contributed by atoms with Crippen molar-refractivity contribution in [2.45, 2.75) is 12.5 Å². The van der Waals surface area contributed by atoms with E-state index in [1.165, 1.54) is 56.6 Å². The third kappa shape index (κ3) is 6.88. The highest BCUT2D eigenvalue weighted by Crippen LogP contribution is 2.38. The summed E-state index contributed by atoms with van der Waals surface area (Å²) in [5, 5.41) is 2.68. The zero-order valence-corrected chi connectivity index (χ0v) is 21.3. The number of hydrogen-bond acceptors (Lipinski definition) is 9. The smallest absolute Gasteiger partial charge is 0.329 e. The molecule has 0 fully saturated rings. The van der Waals surface area contributed by atoms with E-state index in [0.717, 1.165) is 3.79 Å². The third-order valence-electron chi connectivity index (χ3n) is 4.32. The first-order chi connectivity index (χ1) is 15.3. The Labute approximate surface area is 203 Å². The summed E-state index contributed by atoms with van der Waals surface area (Å²) in [5.74, 6) is 0.0870. The van der Waals surface area contributed by atoms with Crippen LogP contribution in [-0.4, -0.2) is 63.6 Å². The van der Waals surface area contributed by atoms with E-state index in [1.54, 1.807) is 12.1 Å². The molecule has 1 heterocycles. The maximum atomic E-state index is 12.9. The molecule has 8 nitrogen and oxygen atoms in total. The number of ketones is 1. The van der Waals surface area contributed by atoms with Crippen molar-refractivity contribution >= 4 is 56.7 Å². The molecule has 1 N–H and O–H groups in total. The van der Waals surface area contributed by atoms with Crippen molar-refractivity contribution in [2.75, 3.05) is 39.9 Å². The normalized spacial score (nSPS) is 11.4. The Kier molecular flexibility index (Phi) is 10.3. The molecule has 1 amide bonds. The number of hydrogen-bond donors (Lipinski definition) is 1. The number of esters is 1. The second kappa shape index (κ2) is 12.7. The number of nitrogens with one attached hydrogen (secondary N) is 1. The van der Waals surface area contributed by atoms with Crippen LogP contribution in [0, 0.1) is 0 Å². The van der Waals surface area contributed by atoms with Crippen LogP contribution in [-0.2, 0) is 9.53 Å². The van der Waals surface area contributed by atoms with Gasteiger partial charge in [-0.05, 0) is 58.6 Å². The maximum Gasteiger partial charge on any atom is 0.329 e. The Morgan fingerprint density at radius 3 is 2.25 bits per heavy atom. The molecule has 174 valence electrons. The number of rotatable bonds is 12. The Morgan fingerprint density at radius 1 is 1.09 bits per heavy atom. The molecule has 1 aromatic carbocycles. The average molecular weight is 546 g/mol. The van der Waals surface area contributed by atoms with Crippen LogP contribution in [0.2, 0.25) is 0 Å². The lowest BCUT2D eigenvalue weighted by Gasteiger charge is -2.18. The topological polar surface area (TPSA) is 100 Å². The molecule has 1 unspecified atom stereocenters. The van der Waals surface area contributed by atoms with E-state index in [1.807, 2.05) is 6.26 Å². The molecule has 1 atom stereocenters. The lowest BCUT2D eigenvalue weighted by atomic mass is 10.1. The van der Waals surface area contributed by atoms with Gasteiger partial charge in [0.2, 0.25) is 11.5 Å². The number of halogens is 1. The quantitative estimate of drug-likeness (QED) is 0.317. The number of methoxy groups -OCH3 is 3.